The lowest BCUT2D eigenvalue weighted by Crippen LogP contribution is -2.36. The van der Waals surface area contributed by atoms with Crippen molar-refractivity contribution in [1.82, 2.24) is 4.90 Å². The monoisotopic (exact) mass is 351 g/mol. The number of fused-ring (bicyclic) bond motifs is 1. The molecule has 1 aliphatic heterocycles. The molecule has 4 rings (SSSR count). The van der Waals surface area contributed by atoms with Gasteiger partial charge in [0.05, 0.1) is 6.10 Å². The fourth-order valence-electron chi connectivity index (χ4n) is 4.80. The number of nitrogens with zero attached hydrogens (tertiary/aromatic N) is 1. The summed E-state index contributed by atoms with van der Waals surface area (Å²) in [6, 6.07) is 16.1. The van der Waals surface area contributed by atoms with E-state index in [4.69, 9.17) is 0 Å². The quantitative estimate of drug-likeness (QED) is 0.812. The van der Waals surface area contributed by atoms with Crippen LogP contribution in [0.3, 0.4) is 0 Å². The zero-order valence-corrected chi connectivity index (χ0v) is 15.3. The van der Waals surface area contributed by atoms with Gasteiger partial charge < -0.3 is 15.1 Å². The van der Waals surface area contributed by atoms with Gasteiger partial charge in [-0.05, 0) is 79.8 Å². The summed E-state index contributed by atoms with van der Waals surface area (Å²) in [7, 11) is 0. The lowest BCUT2D eigenvalue weighted by Gasteiger charge is -2.34. The first-order valence-electron chi connectivity index (χ1n) is 9.97. The number of piperidine rings is 1. The minimum absolute atomic E-state index is 0.322. The van der Waals surface area contributed by atoms with Gasteiger partial charge in [-0.15, -0.1) is 0 Å². The second-order valence-corrected chi connectivity index (χ2v) is 7.99. The van der Waals surface area contributed by atoms with Crippen molar-refractivity contribution in [2.75, 3.05) is 19.6 Å². The number of hydrogen-bond donors (Lipinski definition) is 2. The van der Waals surface area contributed by atoms with Crippen molar-refractivity contribution in [2.24, 2.45) is 5.92 Å². The predicted octanol–water partition coefficient (Wildman–Crippen LogP) is 4.26. The number of aliphatic hydroxyl groups excluding tert-OH is 1. The fourth-order valence-corrected chi connectivity index (χ4v) is 4.80. The van der Waals surface area contributed by atoms with Crippen LogP contribution in [0.25, 0.3) is 0 Å². The Morgan fingerprint density at radius 1 is 0.885 bits per heavy atom. The molecule has 2 N–H and O–H groups in total. The number of benzene rings is 2. The van der Waals surface area contributed by atoms with Crippen LogP contribution in [-0.2, 0) is 6.42 Å². The minimum atomic E-state index is -0.322. The molecule has 0 spiro atoms. The molecular weight excluding hydrogens is 322 g/mol. The average Bonchev–Trinajstić information content (AvgIpc) is 2.82. The van der Waals surface area contributed by atoms with Crippen LogP contribution in [0.4, 0.5) is 0 Å². The summed E-state index contributed by atoms with van der Waals surface area (Å²) < 4.78 is 0. The van der Waals surface area contributed by atoms with E-state index in [1.807, 2.05) is 18.2 Å². The fraction of sp³-hybridized carbons (Fsp3) is 0.478. The maximum atomic E-state index is 10.6. The lowest BCUT2D eigenvalue weighted by molar-refractivity contribution is 0.117. The lowest BCUT2D eigenvalue weighted by atomic mass is 9.88. The van der Waals surface area contributed by atoms with Crippen molar-refractivity contribution < 1.29 is 10.2 Å². The summed E-state index contributed by atoms with van der Waals surface area (Å²) in [6.45, 7) is 3.25. The maximum Gasteiger partial charge on any atom is 0.119 e. The molecule has 138 valence electrons. The van der Waals surface area contributed by atoms with Gasteiger partial charge in [-0.25, -0.2) is 0 Å². The molecule has 2 aromatic carbocycles. The molecule has 1 heterocycles. The highest BCUT2D eigenvalue weighted by Gasteiger charge is 2.27. The summed E-state index contributed by atoms with van der Waals surface area (Å²) in [6.07, 6.45) is 4.99. The minimum Gasteiger partial charge on any atom is -0.508 e. The van der Waals surface area contributed by atoms with Crippen LogP contribution < -0.4 is 0 Å². The van der Waals surface area contributed by atoms with Crippen molar-refractivity contribution in [2.45, 2.75) is 44.1 Å². The Morgan fingerprint density at radius 2 is 1.58 bits per heavy atom. The first kappa shape index (κ1) is 17.6. The first-order chi connectivity index (χ1) is 12.7. The van der Waals surface area contributed by atoms with Gasteiger partial charge in [0.2, 0.25) is 0 Å². The number of phenolic OH excluding ortho intramolecular Hbond substituents is 1. The molecule has 26 heavy (non-hydrogen) atoms. The van der Waals surface area contributed by atoms with Gasteiger partial charge in [-0.3, -0.25) is 0 Å². The molecule has 3 heteroatoms. The van der Waals surface area contributed by atoms with Crippen molar-refractivity contribution in [1.29, 1.82) is 0 Å². The Bertz CT molecular complexity index is 736. The summed E-state index contributed by atoms with van der Waals surface area (Å²) in [5.41, 5.74) is 3.56. The molecule has 2 unspecified atom stereocenters. The topological polar surface area (TPSA) is 43.7 Å². The summed E-state index contributed by atoms with van der Waals surface area (Å²) in [5.74, 6) is 1.46. The van der Waals surface area contributed by atoms with Gasteiger partial charge >= 0.3 is 0 Å². The molecule has 0 bridgehead atoms. The number of aryl methyl sites for hydroxylation is 1. The smallest absolute Gasteiger partial charge is 0.119 e. The second-order valence-electron chi connectivity index (χ2n) is 7.99. The molecule has 1 aliphatic carbocycles. The largest absolute Gasteiger partial charge is 0.508 e. The van der Waals surface area contributed by atoms with Crippen molar-refractivity contribution >= 4 is 0 Å². The Labute approximate surface area is 156 Å². The average molecular weight is 351 g/mol. The second kappa shape index (κ2) is 7.81. The SMILES string of the molecule is Oc1ccccc1C1CCN(CC2CCc3ccccc3C(O)C2)CC1. The van der Waals surface area contributed by atoms with Crippen molar-refractivity contribution in [3.05, 3.63) is 65.2 Å². The number of phenols is 1. The van der Waals surface area contributed by atoms with Gasteiger partial charge in [-0.1, -0.05) is 42.5 Å². The zero-order valence-electron chi connectivity index (χ0n) is 15.3. The third-order valence-electron chi connectivity index (χ3n) is 6.27. The van der Waals surface area contributed by atoms with Gasteiger partial charge in [0.1, 0.15) is 5.75 Å². The molecule has 0 aromatic heterocycles. The van der Waals surface area contributed by atoms with E-state index in [2.05, 4.69) is 29.2 Å². The maximum absolute atomic E-state index is 10.6. The van der Waals surface area contributed by atoms with E-state index in [-0.39, 0.29) is 6.10 Å². The first-order valence-corrected chi connectivity index (χ1v) is 9.97. The van der Waals surface area contributed by atoms with Gasteiger partial charge in [-0.2, -0.15) is 0 Å². The van der Waals surface area contributed by atoms with E-state index in [0.717, 1.165) is 62.9 Å². The van der Waals surface area contributed by atoms with Gasteiger partial charge in [0, 0.05) is 6.54 Å². The highest BCUT2D eigenvalue weighted by molar-refractivity contribution is 5.35. The summed E-state index contributed by atoms with van der Waals surface area (Å²) >= 11 is 0. The van der Waals surface area contributed by atoms with Crippen LogP contribution in [-0.4, -0.2) is 34.7 Å². The Balaban J connectivity index is 1.33. The Hall–Kier alpha value is -1.84. The molecule has 1 fully saturated rings. The molecule has 0 saturated carbocycles. The zero-order chi connectivity index (χ0) is 17.9. The standard InChI is InChI=1S/C23H29NO2/c25-22-8-4-3-6-20(22)19-11-13-24(14-12-19)16-17-9-10-18-5-1-2-7-21(18)23(26)15-17/h1-8,17,19,23,25-26H,9-16H2. The van der Waals surface area contributed by atoms with E-state index in [0.29, 0.717) is 17.6 Å². The van der Waals surface area contributed by atoms with E-state index in [1.165, 1.54) is 5.56 Å². The number of rotatable bonds is 3. The highest BCUT2D eigenvalue weighted by atomic mass is 16.3. The molecule has 0 radical (unpaired) electrons. The summed E-state index contributed by atoms with van der Waals surface area (Å²) in [5, 5.41) is 20.7. The predicted molar refractivity (Wildman–Crippen MR) is 104 cm³/mol. The number of aromatic hydroxyl groups is 1. The Morgan fingerprint density at radius 3 is 2.35 bits per heavy atom. The van der Waals surface area contributed by atoms with Gasteiger partial charge in [0.25, 0.3) is 0 Å². The van der Waals surface area contributed by atoms with Crippen molar-refractivity contribution in [3.8, 4) is 5.75 Å². The number of para-hydroxylation sites is 1. The van der Waals surface area contributed by atoms with Crippen LogP contribution >= 0.6 is 0 Å². The molecule has 2 atom stereocenters. The van der Waals surface area contributed by atoms with Crippen LogP contribution in [0.2, 0.25) is 0 Å². The van der Waals surface area contributed by atoms with Crippen LogP contribution in [0.5, 0.6) is 5.75 Å². The molecule has 3 nitrogen and oxygen atoms in total. The Kier molecular flexibility index (Phi) is 5.28. The molecule has 2 aromatic rings. The van der Waals surface area contributed by atoms with E-state index in [1.54, 1.807) is 6.07 Å². The van der Waals surface area contributed by atoms with E-state index in [9.17, 15) is 10.2 Å². The number of aliphatic hydroxyl groups is 1. The third kappa shape index (κ3) is 3.79. The molecule has 1 saturated heterocycles. The molecule has 0 amide bonds. The van der Waals surface area contributed by atoms with E-state index < -0.39 is 0 Å². The highest BCUT2D eigenvalue weighted by Crippen LogP contribution is 2.35. The third-order valence-corrected chi connectivity index (χ3v) is 6.27. The normalized spacial score (nSPS) is 24.8. The van der Waals surface area contributed by atoms with Crippen molar-refractivity contribution in [3.63, 3.8) is 0 Å². The van der Waals surface area contributed by atoms with Crippen LogP contribution in [0.1, 0.15) is 54.4 Å². The number of likely N-dealkylation sites (tertiary alicyclic amines) is 1. The number of hydrogen-bond acceptors (Lipinski definition) is 3. The molecule has 2 aliphatic rings. The van der Waals surface area contributed by atoms with Crippen LogP contribution in [0, 0.1) is 5.92 Å². The van der Waals surface area contributed by atoms with E-state index >= 15 is 0 Å². The van der Waals surface area contributed by atoms with Crippen LogP contribution in [0.15, 0.2) is 48.5 Å². The molecular formula is C23H29NO2. The van der Waals surface area contributed by atoms with Gasteiger partial charge in [0.15, 0.2) is 0 Å². The summed E-state index contributed by atoms with van der Waals surface area (Å²) in [4.78, 5) is 2.56.